The van der Waals surface area contributed by atoms with Crippen molar-refractivity contribution in [2.24, 2.45) is 0 Å². The monoisotopic (exact) mass is 426 g/mol. The first-order valence-corrected chi connectivity index (χ1v) is 11.3. The molecule has 6 nitrogen and oxygen atoms in total. The zero-order valence-electron chi connectivity index (χ0n) is 19.0. The van der Waals surface area contributed by atoms with E-state index in [0.29, 0.717) is 18.7 Å². The van der Waals surface area contributed by atoms with Crippen LogP contribution in [0, 0.1) is 0 Å². The average molecular weight is 427 g/mol. The summed E-state index contributed by atoms with van der Waals surface area (Å²) in [5.74, 6) is 0.754. The molecular formula is C25H36N3O3+. The van der Waals surface area contributed by atoms with Gasteiger partial charge in [-0.1, -0.05) is 25.5 Å². The van der Waals surface area contributed by atoms with Gasteiger partial charge in [0.1, 0.15) is 24.9 Å². The molecule has 1 aliphatic heterocycles. The summed E-state index contributed by atoms with van der Waals surface area (Å²) in [6.07, 6.45) is 2.13. The highest BCUT2D eigenvalue weighted by Crippen LogP contribution is 2.17. The van der Waals surface area contributed by atoms with E-state index in [4.69, 9.17) is 9.47 Å². The maximum atomic E-state index is 12.8. The van der Waals surface area contributed by atoms with Gasteiger partial charge in [0.05, 0.1) is 26.4 Å². The van der Waals surface area contributed by atoms with Crippen molar-refractivity contribution in [3.63, 3.8) is 0 Å². The summed E-state index contributed by atoms with van der Waals surface area (Å²) < 4.78 is 11.2. The number of amides is 1. The maximum Gasteiger partial charge on any atom is 0.251 e. The zero-order chi connectivity index (χ0) is 22.1. The Morgan fingerprint density at radius 3 is 2.39 bits per heavy atom. The second-order valence-electron chi connectivity index (χ2n) is 8.25. The molecule has 0 saturated carbocycles. The molecule has 1 amide bonds. The average Bonchev–Trinajstić information content (AvgIpc) is 2.81. The number of quaternary nitrogens is 1. The fourth-order valence-electron chi connectivity index (χ4n) is 3.82. The van der Waals surface area contributed by atoms with Crippen LogP contribution in [-0.4, -0.2) is 59.5 Å². The third-order valence-corrected chi connectivity index (χ3v) is 5.79. The SMILES string of the molecule is CCCCOc1ccc(C(=O)NC[C@@H](c2ccc(N(C)C)cc2)[NH+]2CCOCC2)cc1. The molecule has 0 bridgehead atoms. The van der Waals surface area contributed by atoms with Crippen LogP contribution in [0.15, 0.2) is 48.5 Å². The van der Waals surface area contributed by atoms with Gasteiger partial charge in [0.2, 0.25) is 0 Å². The van der Waals surface area contributed by atoms with E-state index in [1.165, 1.54) is 16.2 Å². The van der Waals surface area contributed by atoms with Crippen molar-refractivity contribution in [3.8, 4) is 5.75 Å². The number of hydrogen-bond acceptors (Lipinski definition) is 4. The third kappa shape index (κ3) is 6.71. The number of carbonyl (C=O) groups is 1. The highest BCUT2D eigenvalue weighted by Gasteiger charge is 2.27. The number of ether oxygens (including phenoxy) is 2. The number of hydrogen-bond donors (Lipinski definition) is 2. The molecule has 2 N–H and O–H groups in total. The summed E-state index contributed by atoms with van der Waals surface area (Å²) >= 11 is 0. The van der Waals surface area contributed by atoms with E-state index in [0.717, 1.165) is 44.9 Å². The Bertz CT molecular complexity index is 800. The molecule has 0 aliphatic carbocycles. The van der Waals surface area contributed by atoms with Gasteiger partial charge < -0.3 is 24.6 Å². The van der Waals surface area contributed by atoms with Crippen LogP contribution in [0.25, 0.3) is 0 Å². The van der Waals surface area contributed by atoms with Crippen molar-refractivity contribution in [1.29, 1.82) is 0 Å². The second kappa shape index (κ2) is 11.7. The number of nitrogens with zero attached hydrogens (tertiary/aromatic N) is 1. The number of morpholine rings is 1. The fourth-order valence-corrected chi connectivity index (χ4v) is 3.82. The number of carbonyl (C=O) groups excluding carboxylic acids is 1. The Hall–Kier alpha value is -2.57. The molecule has 2 aromatic rings. The molecule has 1 heterocycles. The van der Waals surface area contributed by atoms with Crippen LogP contribution in [0.5, 0.6) is 5.75 Å². The van der Waals surface area contributed by atoms with E-state index in [9.17, 15) is 4.79 Å². The summed E-state index contributed by atoms with van der Waals surface area (Å²) in [5.41, 5.74) is 3.06. The van der Waals surface area contributed by atoms with Crippen molar-refractivity contribution in [2.45, 2.75) is 25.8 Å². The van der Waals surface area contributed by atoms with Crippen molar-refractivity contribution >= 4 is 11.6 Å². The maximum absolute atomic E-state index is 12.8. The summed E-state index contributed by atoms with van der Waals surface area (Å²) in [6.45, 7) is 6.84. The first-order valence-electron chi connectivity index (χ1n) is 11.3. The molecule has 1 aliphatic rings. The van der Waals surface area contributed by atoms with E-state index >= 15 is 0 Å². The molecule has 0 spiro atoms. The molecule has 0 radical (unpaired) electrons. The van der Waals surface area contributed by atoms with Crippen LogP contribution in [0.4, 0.5) is 5.69 Å². The number of rotatable bonds is 10. The van der Waals surface area contributed by atoms with E-state index in [2.05, 4.69) is 41.4 Å². The lowest BCUT2D eigenvalue weighted by atomic mass is 10.0. The van der Waals surface area contributed by atoms with Gasteiger partial charge in [-0.2, -0.15) is 0 Å². The normalized spacial score (nSPS) is 15.3. The number of unbranched alkanes of at least 4 members (excludes halogenated alkanes) is 1. The number of benzene rings is 2. The van der Waals surface area contributed by atoms with Gasteiger partial charge in [-0.15, -0.1) is 0 Å². The van der Waals surface area contributed by atoms with Crippen molar-refractivity contribution in [3.05, 3.63) is 59.7 Å². The van der Waals surface area contributed by atoms with Gasteiger partial charge in [-0.25, -0.2) is 0 Å². The Morgan fingerprint density at radius 2 is 1.77 bits per heavy atom. The molecule has 0 unspecified atom stereocenters. The number of anilines is 1. The van der Waals surface area contributed by atoms with Gasteiger partial charge >= 0.3 is 0 Å². The summed E-state index contributed by atoms with van der Waals surface area (Å²) in [7, 11) is 4.08. The fraction of sp³-hybridized carbons (Fsp3) is 0.480. The topological polar surface area (TPSA) is 55.2 Å². The Labute approximate surface area is 186 Å². The molecule has 1 fully saturated rings. The van der Waals surface area contributed by atoms with Crippen LogP contribution in [0.1, 0.15) is 41.7 Å². The molecule has 1 atom stereocenters. The molecule has 168 valence electrons. The molecular weight excluding hydrogens is 390 g/mol. The lowest BCUT2D eigenvalue weighted by molar-refractivity contribution is -0.937. The first-order chi connectivity index (χ1) is 15.1. The predicted octanol–water partition coefficient (Wildman–Crippen LogP) is 2.32. The highest BCUT2D eigenvalue weighted by molar-refractivity contribution is 5.94. The van der Waals surface area contributed by atoms with Crippen molar-refractivity contribution in [2.75, 3.05) is 58.5 Å². The third-order valence-electron chi connectivity index (χ3n) is 5.79. The molecule has 6 heteroatoms. The van der Waals surface area contributed by atoms with Crippen LogP contribution >= 0.6 is 0 Å². The van der Waals surface area contributed by atoms with E-state index < -0.39 is 0 Å². The van der Waals surface area contributed by atoms with Gasteiger partial charge in [-0.05, 0) is 42.8 Å². The van der Waals surface area contributed by atoms with Crippen molar-refractivity contribution in [1.82, 2.24) is 5.32 Å². The Kier molecular flexibility index (Phi) is 8.74. The van der Waals surface area contributed by atoms with Gasteiger partial charge in [0.25, 0.3) is 5.91 Å². The van der Waals surface area contributed by atoms with Crippen LogP contribution in [0.2, 0.25) is 0 Å². The minimum Gasteiger partial charge on any atom is -0.494 e. The Balaban J connectivity index is 1.64. The number of nitrogens with one attached hydrogen (secondary N) is 2. The molecule has 31 heavy (non-hydrogen) atoms. The first kappa shape index (κ1) is 23.1. The predicted molar refractivity (Wildman–Crippen MR) is 124 cm³/mol. The van der Waals surface area contributed by atoms with Gasteiger partial charge in [0, 0.05) is 30.9 Å². The van der Waals surface area contributed by atoms with E-state index in [-0.39, 0.29) is 11.9 Å². The van der Waals surface area contributed by atoms with Gasteiger partial charge in [0.15, 0.2) is 0 Å². The van der Waals surface area contributed by atoms with E-state index in [1.54, 1.807) is 0 Å². The van der Waals surface area contributed by atoms with Crippen LogP contribution < -0.4 is 19.9 Å². The Morgan fingerprint density at radius 1 is 1.10 bits per heavy atom. The van der Waals surface area contributed by atoms with Crippen LogP contribution in [-0.2, 0) is 4.74 Å². The van der Waals surface area contributed by atoms with Gasteiger partial charge in [-0.3, -0.25) is 4.79 Å². The van der Waals surface area contributed by atoms with Crippen LogP contribution in [0.3, 0.4) is 0 Å². The van der Waals surface area contributed by atoms with Crippen molar-refractivity contribution < 1.29 is 19.2 Å². The summed E-state index contributed by atoms with van der Waals surface area (Å²) in [4.78, 5) is 16.3. The second-order valence-corrected chi connectivity index (χ2v) is 8.25. The quantitative estimate of drug-likeness (QED) is 0.573. The van der Waals surface area contributed by atoms with E-state index in [1.807, 2.05) is 38.4 Å². The standard InChI is InChI=1S/C25H35N3O3/c1-4-5-16-31-23-12-8-21(9-13-23)25(29)26-19-24(28-14-17-30-18-15-28)20-6-10-22(11-7-20)27(2)3/h6-13,24H,4-5,14-19H2,1-3H3,(H,26,29)/p+1/t24-/m0/s1. The largest absolute Gasteiger partial charge is 0.494 e. The molecule has 3 rings (SSSR count). The summed E-state index contributed by atoms with van der Waals surface area (Å²) in [5, 5.41) is 3.15. The molecule has 0 aromatic heterocycles. The molecule has 2 aromatic carbocycles. The summed E-state index contributed by atoms with van der Waals surface area (Å²) in [6, 6.07) is 16.2. The minimum atomic E-state index is -0.0531. The molecule has 1 saturated heterocycles. The highest BCUT2D eigenvalue weighted by atomic mass is 16.5. The lowest BCUT2D eigenvalue weighted by Crippen LogP contribution is -3.15. The lowest BCUT2D eigenvalue weighted by Gasteiger charge is -2.32. The minimum absolute atomic E-state index is 0.0531. The smallest absolute Gasteiger partial charge is 0.251 e. The zero-order valence-corrected chi connectivity index (χ0v) is 19.0.